The van der Waals surface area contributed by atoms with Gasteiger partial charge >= 0.3 is 6.18 Å². The number of hydrogen-bond acceptors (Lipinski definition) is 4. The number of alkyl halides is 3. The van der Waals surface area contributed by atoms with Crippen LogP contribution in [0, 0.1) is 0 Å². The highest BCUT2D eigenvalue weighted by molar-refractivity contribution is 7.98. The van der Waals surface area contributed by atoms with Crippen LogP contribution in [0.1, 0.15) is 56.3 Å². The van der Waals surface area contributed by atoms with Crippen LogP contribution >= 0.6 is 11.8 Å². The fourth-order valence-electron chi connectivity index (χ4n) is 3.08. The summed E-state index contributed by atoms with van der Waals surface area (Å²) in [4.78, 5) is 0. The minimum atomic E-state index is -4.35. The first-order chi connectivity index (χ1) is 14.4. The molecular formula is C23H26F3N3OS. The number of hydrogen-bond donors (Lipinski definition) is 0. The van der Waals surface area contributed by atoms with Crippen molar-refractivity contribution in [3.05, 3.63) is 71.0 Å². The van der Waals surface area contributed by atoms with E-state index < -0.39 is 11.7 Å². The van der Waals surface area contributed by atoms with Gasteiger partial charge in [0.1, 0.15) is 5.75 Å². The highest BCUT2D eigenvalue weighted by Gasteiger charge is 2.30. The molecule has 1 atom stereocenters. The van der Waals surface area contributed by atoms with E-state index in [0.717, 1.165) is 17.9 Å². The second-order valence-corrected chi connectivity index (χ2v) is 9.36. The van der Waals surface area contributed by atoms with Crippen molar-refractivity contribution in [3.8, 4) is 5.75 Å². The van der Waals surface area contributed by atoms with Gasteiger partial charge in [-0.25, -0.2) is 0 Å². The normalized spacial score (nSPS) is 13.3. The maximum atomic E-state index is 12.9. The van der Waals surface area contributed by atoms with Gasteiger partial charge in [-0.05, 0) is 41.7 Å². The van der Waals surface area contributed by atoms with Gasteiger partial charge in [-0.2, -0.15) is 13.2 Å². The Kier molecular flexibility index (Phi) is 6.69. The molecule has 0 saturated carbocycles. The Balaban J connectivity index is 1.66. The second-order valence-electron chi connectivity index (χ2n) is 8.42. The minimum Gasteiger partial charge on any atom is -0.483 e. The number of aromatic nitrogens is 3. The van der Waals surface area contributed by atoms with Crippen molar-refractivity contribution >= 4 is 11.8 Å². The first-order valence-corrected chi connectivity index (χ1v) is 10.9. The van der Waals surface area contributed by atoms with Gasteiger partial charge in [0.25, 0.3) is 0 Å². The van der Waals surface area contributed by atoms with Crippen LogP contribution in [-0.4, -0.2) is 14.8 Å². The van der Waals surface area contributed by atoms with E-state index >= 15 is 0 Å². The number of benzene rings is 2. The van der Waals surface area contributed by atoms with Gasteiger partial charge in [-0.1, -0.05) is 62.9 Å². The van der Waals surface area contributed by atoms with Crippen LogP contribution in [-0.2, 0) is 24.4 Å². The van der Waals surface area contributed by atoms with Crippen LogP contribution in [0.2, 0.25) is 0 Å². The molecule has 0 spiro atoms. The number of halogens is 3. The molecule has 0 aliphatic carbocycles. The molecule has 0 aliphatic heterocycles. The van der Waals surface area contributed by atoms with Crippen molar-refractivity contribution in [1.29, 1.82) is 0 Å². The molecule has 8 heteroatoms. The summed E-state index contributed by atoms with van der Waals surface area (Å²) in [5.74, 6) is 1.74. The lowest BCUT2D eigenvalue weighted by Crippen LogP contribution is -2.12. The average Bonchev–Trinajstić information content (AvgIpc) is 3.06. The summed E-state index contributed by atoms with van der Waals surface area (Å²) in [6.45, 7) is 8.36. The SMILES string of the molecule is CC(Oc1ccc(C(C)(C)C)cc1)c1nnc(SCc2cccc(C(F)(F)F)c2)n1C. The van der Waals surface area contributed by atoms with Crippen LogP contribution < -0.4 is 4.74 Å². The van der Waals surface area contributed by atoms with Crippen molar-refractivity contribution < 1.29 is 17.9 Å². The van der Waals surface area contributed by atoms with Gasteiger partial charge in [-0.15, -0.1) is 10.2 Å². The summed E-state index contributed by atoms with van der Waals surface area (Å²) in [5.41, 5.74) is 1.22. The quantitative estimate of drug-likeness (QED) is 0.399. The molecule has 0 bridgehead atoms. The lowest BCUT2D eigenvalue weighted by Gasteiger charge is -2.20. The van der Waals surface area contributed by atoms with Gasteiger partial charge in [0, 0.05) is 12.8 Å². The van der Waals surface area contributed by atoms with E-state index in [9.17, 15) is 13.2 Å². The fraction of sp³-hybridized carbons (Fsp3) is 0.391. The smallest absolute Gasteiger partial charge is 0.416 e. The zero-order chi connectivity index (χ0) is 22.8. The highest BCUT2D eigenvalue weighted by atomic mass is 32.2. The van der Waals surface area contributed by atoms with Gasteiger partial charge in [0.05, 0.1) is 5.56 Å². The number of nitrogens with zero attached hydrogens (tertiary/aromatic N) is 3. The molecule has 4 nitrogen and oxygen atoms in total. The van der Waals surface area contributed by atoms with Crippen LogP contribution in [0.15, 0.2) is 53.7 Å². The van der Waals surface area contributed by atoms with Crippen LogP contribution in [0.5, 0.6) is 5.75 Å². The molecule has 0 amide bonds. The van der Waals surface area contributed by atoms with E-state index in [1.807, 2.05) is 30.7 Å². The molecule has 0 radical (unpaired) electrons. The molecule has 0 fully saturated rings. The van der Waals surface area contributed by atoms with Crippen molar-refractivity contribution in [2.45, 2.75) is 56.3 Å². The van der Waals surface area contributed by atoms with Gasteiger partial charge < -0.3 is 9.30 Å². The van der Waals surface area contributed by atoms with E-state index in [4.69, 9.17) is 4.74 Å². The molecule has 0 aliphatic rings. The van der Waals surface area contributed by atoms with E-state index in [1.165, 1.54) is 23.4 Å². The summed E-state index contributed by atoms with van der Waals surface area (Å²) < 4.78 is 46.5. The molecule has 0 N–H and O–H groups in total. The van der Waals surface area contributed by atoms with Crippen LogP contribution in [0.25, 0.3) is 0 Å². The topological polar surface area (TPSA) is 39.9 Å². The Morgan fingerprint density at radius 2 is 1.68 bits per heavy atom. The number of thioether (sulfide) groups is 1. The second kappa shape index (κ2) is 8.94. The fourth-order valence-corrected chi connectivity index (χ4v) is 3.94. The molecule has 0 saturated heterocycles. The summed E-state index contributed by atoms with van der Waals surface area (Å²) in [6, 6.07) is 13.3. The molecule has 3 aromatic rings. The Labute approximate surface area is 184 Å². The molecule has 1 unspecified atom stereocenters. The van der Waals surface area contributed by atoms with Crippen molar-refractivity contribution in [2.24, 2.45) is 7.05 Å². The van der Waals surface area contributed by atoms with Crippen molar-refractivity contribution in [1.82, 2.24) is 14.8 Å². The Bertz CT molecular complexity index is 1020. The van der Waals surface area contributed by atoms with Crippen LogP contribution in [0.4, 0.5) is 13.2 Å². The monoisotopic (exact) mass is 449 g/mol. The Morgan fingerprint density at radius 3 is 2.29 bits per heavy atom. The molecule has 31 heavy (non-hydrogen) atoms. The predicted molar refractivity (Wildman–Crippen MR) is 116 cm³/mol. The molecule has 1 aromatic heterocycles. The largest absolute Gasteiger partial charge is 0.483 e. The van der Waals surface area contributed by atoms with Crippen molar-refractivity contribution in [3.63, 3.8) is 0 Å². The van der Waals surface area contributed by atoms with Gasteiger partial charge in [-0.3, -0.25) is 0 Å². The summed E-state index contributed by atoms with van der Waals surface area (Å²) in [6.07, 6.45) is -4.68. The lowest BCUT2D eigenvalue weighted by molar-refractivity contribution is -0.137. The zero-order valence-electron chi connectivity index (χ0n) is 18.2. The third-order valence-corrected chi connectivity index (χ3v) is 5.98. The van der Waals surface area contributed by atoms with Crippen LogP contribution in [0.3, 0.4) is 0 Å². The standard InChI is InChI=1S/C23H26F3N3OS/c1-15(30-19-11-9-17(10-12-19)22(2,3)4)20-27-28-21(29(20)5)31-14-16-7-6-8-18(13-16)23(24,25)26/h6-13,15H,14H2,1-5H3. The van der Waals surface area contributed by atoms with E-state index in [1.54, 1.807) is 6.07 Å². The Hall–Kier alpha value is -2.48. The lowest BCUT2D eigenvalue weighted by atomic mass is 9.87. The van der Waals surface area contributed by atoms with Gasteiger partial charge in [0.15, 0.2) is 17.1 Å². The number of rotatable bonds is 6. The maximum Gasteiger partial charge on any atom is 0.416 e. The summed E-state index contributed by atoms with van der Waals surface area (Å²) in [5, 5.41) is 9.03. The minimum absolute atomic E-state index is 0.0689. The van der Waals surface area contributed by atoms with E-state index in [0.29, 0.717) is 22.3 Å². The third kappa shape index (κ3) is 5.81. The van der Waals surface area contributed by atoms with Gasteiger partial charge in [0.2, 0.25) is 0 Å². The Morgan fingerprint density at radius 1 is 1.00 bits per heavy atom. The molecule has 2 aromatic carbocycles. The zero-order valence-corrected chi connectivity index (χ0v) is 19.0. The predicted octanol–water partition coefficient (Wildman–Crippen LogP) is 6.56. The third-order valence-electron chi connectivity index (χ3n) is 4.89. The van der Waals surface area contributed by atoms with E-state index in [-0.39, 0.29) is 11.5 Å². The molecule has 3 rings (SSSR count). The van der Waals surface area contributed by atoms with Crippen molar-refractivity contribution in [2.75, 3.05) is 0 Å². The highest BCUT2D eigenvalue weighted by Crippen LogP contribution is 2.32. The molecule has 166 valence electrons. The molecular weight excluding hydrogens is 423 g/mol. The summed E-state index contributed by atoms with van der Waals surface area (Å²) in [7, 11) is 1.83. The average molecular weight is 450 g/mol. The first kappa shape index (κ1) is 23.2. The number of ether oxygens (including phenoxy) is 1. The summed E-state index contributed by atoms with van der Waals surface area (Å²) >= 11 is 1.34. The first-order valence-electron chi connectivity index (χ1n) is 9.90. The van der Waals surface area contributed by atoms with E-state index in [2.05, 4.69) is 43.1 Å². The molecule has 1 heterocycles. The maximum absolute atomic E-state index is 12.9.